The number of ether oxygens (including phenoxy) is 1. The minimum atomic E-state index is 0.162. The van der Waals surface area contributed by atoms with E-state index in [0.717, 1.165) is 18.7 Å². The van der Waals surface area contributed by atoms with Crippen LogP contribution in [-0.4, -0.2) is 23.9 Å². The summed E-state index contributed by atoms with van der Waals surface area (Å²) < 4.78 is 5.68. The molecule has 2 N–H and O–H groups in total. The van der Waals surface area contributed by atoms with Crippen molar-refractivity contribution in [1.29, 1.82) is 0 Å². The summed E-state index contributed by atoms with van der Waals surface area (Å²) >= 11 is 0. The van der Waals surface area contributed by atoms with Crippen molar-refractivity contribution in [3.8, 4) is 5.75 Å². The Labute approximate surface area is 117 Å². The van der Waals surface area contributed by atoms with Crippen LogP contribution in [0.15, 0.2) is 24.3 Å². The lowest BCUT2D eigenvalue weighted by Crippen LogP contribution is -2.33. The first-order valence-corrected chi connectivity index (χ1v) is 7.11. The second-order valence-electron chi connectivity index (χ2n) is 5.70. The molecule has 0 heterocycles. The van der Waals surface area contributed by atoms with Gasteiger partial charge in [0, 0.05) is 12.6 Å². The first-order chi connectivity index (χ1) is 9.01. The van der Waals surface area contributed by atoms with Gasteiger partial charge in [0.05, 0.1) is 12.7 Å². The van der Waals surface area contributed by atoms with Gasteiger partial charge in [-0.3, -0.25) is 0 Å². The minimum Gasteiger partial charge on any atom is -0.491 e. The van der Waals surface area contributed by atoms with E-state index in [-0.39, 0.29) is 18.8 Å². The lowest BCUT2D eigenvalue weighted by molar-refractivity contribution is 0.223. The Balaban J connectivity index is 2.52. The summed E-state index contributed by atoms with van der Waals surface area (Å²) in [7, 11) is 0. The van der Waals surface area contributed by atoms with E-state index in [9.17, 15) is 5.11 Å². The van der Waals surface area contributed by atoms with Crippen molar-refractivity contribution in [2.45, 2.75) is 52.8 Å². The highest BCUT2D eigenvalue weighted by atomic mass is 16.5. The zero-order chi connectivity index (χ0) is 14.3. The zero-order valence-electron chi connectivity index (χ0n) is 12.5. The van der Waals surface area contributed by atoms with E-state index in [0.29, 0.717) is 5.92 Å². The second kappa shape index (κ2) is 8.18. The first-order valence-electron chi connectivity index (χ1n) is 7.11. The highest BCUT2D eigenvalue weighted by Gasteiger charge is 2.09. The molecule has 0 spiro atoms. The fourth-order valence-corrected chi connectivity index (χ4v) is 2.05. The molecule has 0 radical (unpaired) electrons. The Bertz CT molecular complexity index is 364. The van der Waals surface area contributed by atoms with Crippen LogP contribution in [0.25, 0.3) is 0 Å². The van der Waals surface area contributed by atoms with E-state index in [1.54, 1.807) is 0 Å². The Morgan fingerprint density at radius 3 is 2.53 bits per heavy atom. The lowest BCUT2D eigenvalue weighted by Gasteiger charge is -2.18. The van der Waals surface area contributed by atoms with Gasteiger partial charge in [-0.05, 0) is 43.9 Å². The van der Waals surface area contributed by atoms with E-state index in [1.165, 1.54) is 5.56 Å². The quantitative estimate of drug-likeness (QED) is 0.759. The van der Waals surface area contributed by atoms with Crippen molar-refractivity contribution in [2.24, 2.45) is 5.92 Å². The summed E-state index contributed by atoms with van der Waals surface area (Å²) in [6.45, 7) is 9.32. The Morgan fingerprint density at radius 2 is 1.95 bits per heavy atom. The molecule has 0 bridgehead atoms. The van der Waals surface area contributed by atoms with Crippen LogP contribution in [0.1, 0.15) is 39.7 Å². The zero-order valence-corrected chi connectivity index (χ0v) is 12.5. The van der Waals surface area contributed by atoms with Crippen molar-refractivity contribution in [1.82, 2.24) is 5.32 Å². The smallest absolute Gasteiger partial charge is 0.120 e. The van der Waals surface area contributed by atoms with Crippen LogP contribution in [0.2, 0.25) is 0 Å². The van der Waals surface area contributed by atoms with Crippen LogP contribution < -0.4 is 10.1 Å². The predicted octanol–water partition coefficient (Wildman–Crippen LogP) is 2.97. The summed E-state index contributed by atoms with van der Waals surface area (Å²) in [5.41, 5.74) is 1.18. The lowest BCUT2D eigenvalue weighted by atomic mass is 10.0. The molecule has 0 aliphatic heterocycles. The van der Waals surface area contributed by atoms with E-state index in [2.05, 4.69) is 31.3 Å². The molecule has 0 saturated carbocycles. The summed E-state index contributed by atoms with van der Waals surface area (Å²) in [4.78, 5) is 0. The van der Waals surface area contributed by atoms with E-state index >= 15 is 0 Å². The average molecular weight is 265 g/mol. The van der Waals surface area contributed by atoms with Crippen molar-refractivity contribution < 1.29 is 9.84 Å². The van der Waals surface area contributed by atoms with Crippen LogP contribution in [0.3, 0.4) is 0 Å². The molecule has 0 fully saturated rings. The molecule has 3 nitrogen and oxygen atoms in total. The monoisotopic (exact) mass is 265 g/mol. The maximum absolute atomic E-state index is 9.34. The molecule has 3 heteroatoms. The Hall–Kier alpha value is -1.06. The molecule has 0 amide bonds. The summed E-state index contributed by atoms with van der Waals surface area (Å²) in [5.74, 6) is 1.49. The number of hydrogen-bond acceptors (Lipinski definition) is 3. The number of aliphatic hydroxyl groups is 1. The third-order valence-corrected chi connectivity index (χ3v) is 2.84. The fourth-order valence-electron chi connectivity index (χ4n) is 2.05. The van der Waals surface area contributed by atoms with Crippen LogP contribution in [0.4, 0.5) is 0 Å². The minimum absolute atomic E-state index is 0.162. The molecule has 1 unspecified atom stereocenters. The molecule has 19 heavy (non-hydrogen) atoms. The molecule has 108 valence electrons. The number of hydrogen-bond donors (Lipinski definition) is 2. The molecule has 1 rings (SSSR count). The van der Waals surface area contributed by atoms with Gasteiger partial charge in [-0.15, -0.1) is 0 Å². The van der Waals surface area contributed by atoms with Gasteiger partial charge in [-0.25, -0.2) is 0 Å². The van der Waals surface area contributed by atoms with Crippen LogP contribution in [-0.2, 0) is 6.54 Å². The topological polar surface area (TPSA) is 41.5 Å². The summed E-state index contributed by atoms with van der Waals surface area (Å²) in [5, 5.41) is 12.7. The number of rotatable bonds is 8. The molecule has 1 aromatic rings. The summed E-state index contributed by atoms with van der Waals surface area (Å²) in [6, 6.07) is 8.27. The van der Waals surface area contributed by atoms with E-state index in [4.69, 9.17) is 4.74 Å². The van der Waals surface area contributed by atoms with Crippen LogP contribution in [0, 0.1) is 5.92 Å². The van der Waals surface area contributed by atoms with Crippen molar-refractivity contribution >= 4 is 0 Å². The molecule has 1 aromatic carbocycles. The van der Waals surface area contributed by atoms with Crippen molar-refractivity contribution in [3.05, 3.63) is 29.8 Å². The fraction of sp³-hybridized carbons (Fsp3) is 0.625. The maximum atomic E-state index is 9.34. The molecule has 0 aliphatic carbocycles. The standard InChI is InChI=1S/C16H27NO2/c1-12(2)8-15(11-18)17-10-14-6-5-7-16(9-14)19-13(3)4/h5-7,9,12-13,15,17-18H,8,10-11H2,1-4H3. The van der Waals surface area contributed by atoms with Gasteiger partial charge in [0.25, 0.3) is 0 Å². The third kappa shape index (κ3) is 6.60. The highest BCUT2D eigenvalue weighted by Crippen LogP contribution is 2.15. The Morgan fingerprint density at radius 1 is 1.21 bits per heavy atom. The van der Waals surface area contributed by atoms with Gasteiger partial charge in [-0.1, -0.05) is 26.0 Å². The maximum Gasteiger partial charge on any atom is 0.120 e. The number of benzene rings is 1. The highest BCUT2D eigenvalue weighted by molar-refractivity contribution is 5.28. The molecule has 0 aliphatic rings. The number of nitrogens with one attached hydrogen (secondary N) is 1. The third-order valence-electron chi connectivity index (χ3n) is 2.84. The SMILES string of the molecule is CC(C)CC(CO)NCc1cccc(OC(C)C)c1. The van der Waals surface area contributed by atoms with Gasteiger partial charge in [0.1, 0.15) is 5.75 Å². The largest absolute Gasteiger partial charge is 0.491 e. The van der Waals surface area contributed by atoms with Gasteiger partial charge in [0.15, 0.2) is 0 Å². The molecular formula is C16H27NO2. The normalized spacial score (nSPS) is 13.0. The van der Waals surface area contributed by atoms with Crippen LogP contribution in [0.5, 0.6) is 5.75 Å². The number of aliphatic hydroxyl groups excluding tert-OH is 1. The van der Waals surface area contributed by atoms with Gasteiger partial charge >= 0.3 is 0 Å². The first kappa shape index (κ1) is 16.0. The summed E-state index contributed by atoms with van der Waals surface area (Å²) in [6.07, 6.45) is 1.17. The molecule has 0 aromatic heterocycles. The predicted molar refractivity (Wildman–Crippen MR) is 79.4 cm³/mol. The second-order valence-corrected chi connectivity index (χ2v) is 5.70. The Kier molecular flexibility index (Phi) is 6.89. The van der Waals surface area contributed by atoms with Crippen molar-refractivity contribution in [3.63, 3.8) is 0 Å². The molecular weight excluding hydrogens is 238 g/mol. The van der Waals surface area contributed by atoms with E-state index in [1.807, 2.05) is 26.0 Å². The molecule has 1 atom stereocenters. The van der Waals surface area contributed by atoms with E-state index < -0.39 is 0 Å². The van der Waals surface area contributed by atoms with Gasteiger partial charge in [0.2, 0.25) is 0 Å². The molecule has 0 saturated heterocycles. The van der Waals surface area contributed by atoms with Gasteiger partial charge in [-0.2, -0.15) is 0 Å². The average Bonchev–Trinajstić information content (AvgIpc) is 2.33. The van der Waals surface area contributed by atoms with Crippen molar-refractivity contribution in [2.75, 3.05) is 6.61 Å². The van der Waals surface area contributed by atoms with Crippen LogP contribution >= 0.6 is 0 Å². The van der Waals surface area contributed by atoms with Gasteiger partial charge < -0.3 is 15.2 Å².